The topological polar surface area (TPSA) is 85.3 Å². The molecule has 0 radical (unpaired) electrons. The molecule has 0 bridgehead atoms. The highest BCUT2D eigenvalue weighted by atomic mass is 16.7. The largest absolute Gasteiger partial charge is 0.480 e. The maximum atomic E-state index is 12.9. The first-order valence-electron chi connectivity index (χ1n) is 10.3. The highest BCUT2D eigenvalue weighted by Crippen LogP contribution is 2.44. The number of rotatable bonds is 6. The summed E-state index contributed by atoms with van der Waals surface area (Å²) in [6.07, 6.45) is -0.674. The summed E-state index contributed by atoms with van der Waals surface area (Å²) in [7, 11) is 0. The van der Waals surface area contributed by atoms with Crippen LogP contribution >= 0.6 is 0 Å². The van der Waals surface area contributed by atoms with Gasteiger partial charge in [-0.15, -0.1) is 0 Å². The van der Waals surface area contributed by atoms with Crippen LogP contribution in [0.3, 0.4) is 0 Å². The lowest BCUT2D eigenvalue weighted by atomic mass is 9.98. The quantitative estimate of drug-likeness (QED) is 0.628. The number of hydrogen-bond donors (Lipinski definition) is 1. The number of benzene rings is 3. The van der Waals surface area contributed by atoms with Crippen LogP contribution in [0.2, 0.25) is 0 Å². The zero-order valence-electron chi connectivity index (χ0n) is 17.2. The third kappa shape index (κ3) is 3.73. The summed E-state index contributed by atoms with van der Waals surface area (Å²) in [6.45, 7) is -0.112. The fourth-order valence-electron chi connectivity index (χ4n) is 4.29. The lowest BCUT2D eigenvalue weighted by molar-refractivity contribution is -0.138. The van der Waals surface area contributed by atoms with Gasteiger partial charge in [-0.1, -0.05) is 54.6 Å². The zero-order chi connectivity index (χ0) is 22.1. The van der Waals surface area contributed by atoms with Gasteiger partial charge >= 0.3 is 12.1 Å². The van der Waals surface area contributed by atoms with E-state index >= 15 is 0 Å². The van der Waals surface area contributed by atoms with Crippen LogP contribution < -0.4 is 9.47 Å². The molecule has 0 unspecified atom stereocenters. The molecule has 0 fully saturated rings. The number of aliphatic carboxylic acids is 1. The van der Waals surface area contributed by atoms with Crippen LogP contribution in [-0.2, 0) is 16.1 Å². The molecule has 2 aliphatic rings. The lowest BCUT2D eigenvalue weighted by Crippen LogP contribution is -2.36. The Bertz CT molecular complexity index is 1150. The number of carboxylic acids is 1. The molecule has 1 amide bonds. The molecule has 1 N–H and O–H groups in total. The third-order valence-corrected chi connectivity index (χ3v) is 5.73. The normalized spacial score (nSPS) is 13.4. The van der Waals surface area contributed by atoms with Gasteiger partial charge in [0.15, 0.2) is 11.5 Å². The van der Waals surface area contributed by atoms with Crippen molar-refractivity contribution in [2.24, 2.45) is 0 Å². The van der Waals surface area contributed by atoms with Crippen molar-refractivity contribution in [2.45, 2.75) is 12.5 Å². The van der Waals surface area contributed by atoms with E-state index in [1.165, 1.54) is 4.90 Å². The molecule has 162 valence electrons. The minimum absolute atomic E-state index is 0.0830. The standard InChI is InChI=1S/C25H21NO6/c27-24(28)13-26(12-16-9-10-22-23(11-16)32-15-31-22)25(29)30-14-21-19-7-3-1-5-17(19)18-6-2-4-8-20(18)21/h1-11,21H,12-15H2,(H,27,28). The highest BCUT2D eigenvalue weighted by Gasteiger charge is 2.30. The Hall–Kier alpha value is -4.00. The molecule has 7 nitrogen and oxygen atoms in total. The van der Waals surface area contributed by atoms with Crippen LogP contribution in [0.5, 0.6) is 11.5 Å². The molecule has 1 aliphatic carbocycles. The average molecular weight is 431 g/mol. The van der Waals surface area contributed by atoms with E-state index in [0.29, 0.717) is 11.5 Å². The van der Waals surface area contributed by atoms with Crippen LogP contribution in [0.15, 0.2) is 66.7 Å². The molecule has 1 heterocycles. The SMILES string of the molecule is O=C(O)CN(Cc1ccc2c(c1)OCO2)C(=O)OCC1c2ccccc2-c2ccccc21. The van der Waals surface area contributed by atoms with Crippen molar-refractivity contribution in [3.8, 4) is 22.6 Å². The van der Waals surface area contributed by atoms with Crippen LogP contribution in [0.1, 0.15) is 22.6 Å². The Morgan fingerprint density at radius 3 is 2.28 bits per heavy atom. The van der Waals surface area contributed by atoms with Crippen molar-refractivity contribution in [2.75, 3.05) is 19.9 Å². The number of fused-ring (bicyclic) bond motifs is 4. The van der Waals surface area contributed by atoms with Gasteiger partial charge in [-0.05, 0) is 39.9 Å². The Labute approximate surface area is 184 Å². The van der Waals surface area contributed by atoms with Crippen LogP contribution in [-0.4, -0.2) is 42.0 Å². The van der Waals surface area contributed by atoms with Crippen molar-refractivity contribution >= 4 is 12.1 Å². The summed E-state index contributed by atoms with van der Waals surface area (Å²) < 4.78 is 16.3. The first-order chi connectivity index (χ1) is 15.6. The summed E-state index contributed by atoms with van der Waals surface area (Å²) >= 11 is 0. The number of amides is 1. The van der Waals surface area contributed by atoms with E-state index in [2.05, 4.69) is 12.1 Å². The van der Waals surface area contributed by atoms with E-state index in [0.717, 1.165) is 27.8 Å². The Kier molecular flexibility index (Phi) is 5.15. The molecule has 0 atom stereocenters. The number of nitrogens with zero attached hydrogens (tertiary/aromatic N) is 1. The molecular formula is C25H21NO6. The predicted molar refractivity (Wildman–Crippen MR) is 116 cm³/mol. The molecule has 5 rings (SSSR count). The molecule has 0 saturated heterocycles. The van der Waals surface area contributed by atoms with Gasteiger partial charge in [0.1, 0.15) is 13.2 Å². The molecule has 0 spiro atoms. The summed E-state index contributed by atoms with van der Waals surface area (Å²) in [4.78, 5) is 25.4. The lowest BCUT2D eigenvalue weighted by Gasteiger charge is -2.22. The molecule has 3 aromatic rings. The number of hydrogen-bond acceptors (Lipinski definition) is 5. The van der Waals surface area contributed by atoms with Gasteiger partial charge in [-0.2, -0.15) is 0 Å². The molecule has 0 saturated carbocycles. The minimum atomic E-state index is -1.11. The molecule has 7 heteroatoms. The minimum Gasteiger partial charge on any atom is -0.480 e. The molecule has 1 aliphatic heterocycles. The first-order valence-corrected chi connectivity index (χ1v) is 10.3. The zero-order valence-corrected chi connectivity index (χ0v) is 17.2. The second-order valence-electron chi connectivity index (χ2n) is 7.74. The summed E-state index contributed by atoms with van der Waals surface area (Å²) in [6, 6.07) is 21.4. The average Bonchev–Trinajstić information content (AvgIpc) is 3.39. The summed E-state index contributed by atoms with van der Waals surface area (Å²) in [5, 5.41) is 9.31. The van der Waals surface area contributed by atoms with E-state index in [9.17, 15) is 14.7 Å². The third-order valence-electron chi connectivity index (χ3n) is 5.73. The maximum absolute atomic E-state index is 12.9. The van der Waals surface area contributed by atoms with E-state index in [1.807, 2.05) is 36.4 Å². The molecule has 0 aromatic heterocycles. The van der Waals surface area contributed by atoms with Gasteiger partial charge < -0.3 is 19.3 Å². The van der Waals surface area contributed by atoms with E-state index in [1.54, 1.807) is 18.2 Å². The predicted octanol–water partition coefficient (Wildman–Crippen LogP) is 4.25. The fraction of sp³-hybridized carbons (Fsp3) is 0.200. The Morgan fingerprint density at radius 2 is 1.59 bits per heavy atom. The van der Waals surface area contributed by atoms with Gasteiger partial charge in [0.2, 0.25) is 6.79 Å². The van der Waals surface area contributed by atoms with Gasteiger partial charge in [0, 0.05) is 12.5 Å². The Morgan fingerprint density at radius 1 is 0.938 bits per heavy atom. The first kappa shape index (κ1) is 19.9. The smallest absolute Gasteiger partial charge is 0.410 e. The van der Waals surface area contributed by atoms with Crippen molar-refractivity contribution in [3.63, 3.8) is 0 Å². The maximum Gasteiger partial charge on any atom is 0.410 e. The van der Waals surface area contributed by atoms with Crippen LogP contribution in [0.25, 0.3) is 11.1 Å². The van der Waals surface area contributed by atoms with Crippen molar-refractivity contribution in [3.05, 3.63) is 83.4 Å². The van der Waals surface area contributed by atoms with Crippen LogP contribution in [0, 0.1) is 0 Å². The van der Waals surface area contributed by atoms with E-state index < -0.39 is 18.6 Å². The Balaban J connectivity index is 1.32. The number of carbonyl (C=O) groups excluding carboxylic acids is 1. The van der Waals surface area contributed by atoms with Gasteiger partial charge in [-0.3, -0.25) is 9.69 Å². The van der Waals surface area contributed by atoms with Gasteiger partial charge in [0.25, 0.3) is 0 Å². The summed E-state index contributed by atoms with van der Waals surface area (Å²) in [5.41, 5.74) is 5.19. The van der Waals surface area contributed by atoms with E-state index in [4.69, 9.17) is 14.2 Å². The molecular weight excluding hydrogens is 410 g/mol. The second-order valence-corrected chi connectivity index (χ2v) is 7.74. The van der Waals surface area contributed by atoms with Crippen molar-refractivity contribution in [1.29, 1.82) is 0 Å². The highest BCUT2D eigenvalue weighted by molar-refractivity contribution is 5.79. The van der Waals surface area contributed by atoms with Crippen molar-refractivity contribution < 1.29 is 28.9 Å². The second kappa shape index (κ2) is 8.26. The molecule has 3 aromatic carbocycles. The number of carboxylic acid groups (broad SMARTS) is 1. The van der Waals surface area contributed by atoms with Crippen LogP contribution in [0.4, 0.5) is 4.79 Å². The van der Waals surface area contributed by atoms with Crippen molar-refractivity contribution in [1.82, 2.24) is 4.90 Å². The van der Waals surface area contributed by atoms with Gasteiger partial charge in [-0.25, -0.2) is 4.79 Å². The summed E-state index contributed by atoms with van der Waals surface area (Å²) in [5.74, 6) is -0.00666. The molecule has 32 heavy (non-hydrogen) atoms. The number of carbonyl (C=O) groups is 2. The van der Waals surface area contributed by atoms with Gasteiger partial charge in [0.05, 0.1) is 0 Å². The monoisotopic (exact) mass is 431 g/mol. The van der Waals surface area contributed by atoms with E-state index in [-0.39, 0.29) is 25.9 Å². The fourth-order valence-corrected chi connectivity index (χ4v) is 4.29. The number of ether oxygens (including phenoxy) is 3.